The number of carbonyl (C=O) groups is 1. The molecule has 27 heavy (non-hydrogen) atoms. The van der Waals surface area contributed by atoms with Gasteiger partial charge in [0.15, 0.2) is 5.96 Å². The lowest BCUT2D eigenvalue weighted by Gasteiger charge is -2.36. The fraction of sp³-hybridized carbons (Fsp3) is 0.556. The number of hydrogen-bond acceptors (Lipinski definition) is 4. The summed E-state index contributed by atoms with van der Waals surface area (Å²) < 4.78 is 18.8. The summed E-state index contributed by atoms with van der Waals surface area (Å²) in [5, 5.41) is 13.4. The summed E-state index contributed by atoms with van der Waals surface area (Å²) in [6.45, 7) is 7.13. The molecular weight excluding hydrogens is 466 g/mol. The van der Waals surface area contributed by atoms with Gasteiger partial charge in [0, 0.05) is 38.3 Å². The molecule has 1 aromatic rings. The predicted molar refractivity (Wildman–Crippen MR) is 113 cm³/mol. The van der Waals surface area contributed by atoms with Crippen molar-refractivity contribution in [3.63, 3.8) is 0 Å². The Morgan fingerprint density at radius 1 is 1.26 bits per heavy atom. The zero-order valence-corrected chi connectivity index (χ0v) is 18.1. The molecule has 1 unspecified atom stereocenters. The van der Waals surface area contributed by atoms with Crippen LogP contribution < -0.4 is 5.32 Å². The number of nitrogens with zero attached hydrogens (tertiary/aromatic N) is 3. The molecule has 0 spiro atoms. The fourth-order valence-corrected chi connectivity index (χ4v) is 2.76. The van der Waals surface area contributed by atoms with Gasteiger partial charge in [-0.15, -0.1) is 24.0 Å². The molecule has 0 saturated carbocycles. The number of aliphatic hydroxyl groups excluding tert-OH is 1. The lowest BCUT2D eigenvalue weighted by Crippen LogP contribution is -2.54. The van der Waals surface area contributed by atoms with Crippen molar-refractivity contribution in [1.82, 2.24) is 15.1 Å². The van der Waals surface area contributed by atoms with Gasteiger partial charge in [-0.2, -0.15) is 0 Å². The molecule has 1 saturated heterocycles. The summed E-state index contributed by atoms with van der Waals surface area (Å²) in [6, 6.07) is 6.15. The molecule has 9 heteroatoms. The van der Waals surface area contributed by atoms with Gasteiger partial charge < -0.3 is 25.0 Å². The number of aliphatic hydroxyl groups is 1. The van der Waals surface area contributed by atoms with Crippen LogP contribution in [0.25, 0.3) is 0 Å². The Morgan fingerprint density at radius 2 is 1.89 bits per heavy atom. The second-order valence-electron chi connectivity index (χ2n) is 5.90. The summed E-state index contributed by atoms with van der Waals surface area (Å²) in [6.07, 6.45) is -1.31. The average molecular weight is 494 g/mol. The molecule has 0 aromatic heterocycles. The molecule has 152 valence electrons. The van der Waals surface area contributed by atoms with E-state index in [2.05, 4.69) is 10.3 Å². The van der Waals surface area contributed by atoms with E-state index in [1.165, 1.54) is 6.07 Å². The van der Waals surface area contributed by atoms with E-state index >= 15 is 0 Å². The first-order valence-corrected chi connectivity index (χ1v) is 8.94. The van der Waals surface area contributed by atoms with Crippen molar-refractivity contribution < 1.29 is 19.0 Å². The second-order valence-corrected chi connectivity index (χ2v) is 5.90. The summed E-state index contributed by atoms with van der Waals surface area (Å²) in [5.41, 5.74) is 0.235. The molecule has 0 bridgehead atoms. The van der Waals surface area contributed by atoms with Crippen LogP contribution in [0.15, 0.2) is 29.3 Å². The van der Waals surface area contributed by atoms with E-state index in [1.54, 1.807) is 30.0 Å². The molecule has 0 aliphatic carbocycles. The Bertz CT molecular complexity index is 624. The standard InChI is InChI=1S/C18H27FN4O3.HI/c1-3-20-17(21-13-16(24)14-7-5-6-8-15(14)19)22-9-11-23(12-10-22)18(25)26-4-2;/h5-8,16,24H,3-4,9-13H2,1-2H3,(H,20,21);1H. The second kappa shape index (κ2) is 12.0. The van der Waals surface area contributed by atoms with Crippen molar-refractivity contribution in [2.75, 3.05) is 45.9 Å². The predicted octanol–water partition coefficient (Wildman–Crippen LogP) is 2.22. The maximum Gasteiger partial charge on any atom is 0.409 e. The molecule has 1 aliphatic rings. The van der Waals surface area contributed by atoms with Gasteiger partial charge in [-0.3, -0.25) is 4.99 Å². The van der Waals surface area contributed by atoms with Gasteiger partial charge in [-0.25, -0.2) is 9.18 Å². The number of nitrogens with one attached hydrogen (secondary N) is 1. The SMILES string of the molecule is CCNC(=NCC(O)c1ccccc1F)N1CCN(C(=O)OCC)CC1.I. The van der Waals surface area contributed by atoms with Crippen molar-refractivity contribution in [3.05, 3.63) is 35.6 Å². The molecule has 1 amide bonds. The van der Waals surface area contributed by atoms with Crippen LogP contribution in [0.4, 0.5) is 9.18 Å². The molecule has 7 nitrogen and oxygen atoms in total. The zero-order chi connectivity index (χ0) is 18.9. The van der Waals surface area contributed by atoms with E-state index in [0.29, 0.717) is 45.3 Å². The van der Waals surface area contributed by atoms with Crippen LogP contribution in [0.2, 0.25) is 0 Å². The first-order valence-electron chi connectivity index (χ1n) is 8.94. The first kappa shape index (κ1) is 23.4. The minimum atomic E-state index is -1.01. The van der Waals surface area contributed by atoms with Gasteiger partial charge in [0.25, 0.3) is 0 Å². The molecule has 1 aromatic carbocycles. The van der Waals surface area contributed by atoms with Crippen LogP contribution in [-0.2, 0) is 4.74 Å². The van der Waals surface area contributed by atoms with Crippen molar-refractivity contribution >= 4 is 36.0 Å². The third-order valence-corrected chi connectivity index (χ3v) is 4.12. The van der Waals surface area contributed by atoms with Gasteiger partial charge in [-0.1, -0.05) is 18.2 Å². The lowest BCUT2D eigenvalue weighted by atomic mass is 10.1. The molecule has 2 rings (SSSR count). The summed E-state index contributed by atoms with van der Waals surface area (Å²) in [7, 11) is 0. The Kier molecular flexibility index (Phi) is 10.4. The third kappa shape index (κ3) is 6.80. The number of carbonyl (C=O) groups excluding carboxylic acids is 1. The van der Waals surface area contributed by atoms with Gasteiger partial charge in [0.05, 0.1) is 13.2 Å². The number of benzene rings is 1. The van der Waals surface area contributed by atoms with Gasteiger partial charge in [0.2, 0.25) is 0 Å². The van der Waals surface area contributed by atoms with Gasteiger partial charge in [-0.05, 0) is 19.9 Å². The topological polar surface area (TPSA) is 77.4 Å². The number of guanidine groups is 1. The summed E-state index contributed by atoms with van der Waals surface area (Å²) in [5.74, 6) is 0.203. The number of hydrogen-bond donors (Lipinski definition) is 2. The van der Waals surface area contributed by atoms with Gasteiger partial charge in [0.1, 0.15) is 11.9 Å². The number of aliphatic imine (C=N–C) groups is 1. The van der Waals surface area contributed by atoms with E-state index in [1.807, 2.05) is 11.8 Å². The maximum absolute atomic E-state index is 13.8. The Labute approximate surface area is 176 Å². The van der Waals surface area contributed by atoms with Gasteiger partial charge >= 0.3 is 6.09 Å². The zero-order valence-electron chi connectivity index (χ0n) is 15.7. The van der Waals surface area contributed by atoms with E-state index < -0.39 is 11.9 Å². The van der Waals surface area contributed by atoms with Crippen molar-refractivity contribution in [2.24, 2.45) is 4.99 Å². The van der Waals surface area contributed by atoms with Crippen molar-refractivity contribution in [1.29, 1.82) is 0 Å². The molecule has 1 aliphatic heterocycles. The van der Waals surface area contributed by atoms with Crippen molar-refractivity contribution in [3.8, 4) is 0 Å². The van der Waals surface area contributed by atoms with Crippen LogP contribution in [0.5, 0.6) is 0 Å². The Balaban J connectivity index is 0.00000364. The van der Waals surface area contributed by atoms with E-state index in [-0.39, 0.29) is 42.2 Å². The minimum absolute atomic E-state index is 0. The number of piperazine rings is 1. The van der Waals surface area contributed by atoms with Crippen LogP contribution >= 0.6 is 24.0 Å². The maximum atomic E-state index is 13.8. The van der Waals surface area contributed by atoms with Crippen LogP contribution in [-0.4, -0.2) is 72.8 Å². The molecule has 1 heterocycles. The smallest absolute Gasteiger partial charge is 0.409 e. The normalized spacial score (nSPS) is 15.8. The van der Waals surface area contributed by atoms with E-state index in [0.717, 1.165) is 0 Å². The fourth-order valence-electron chi connectivity index (χ4n) is 2.76. The quantitative estimate of drug-likeness (QED) is 0.373. The molecule has 0 radical (unpaired) electrons. The Hall–Kier alpha value is -1.62. The average Bonchev–Trinajstić information content (AvgIpc) is 2.65. The lowest BCUT2D eigenvalue weighted by molar-refractivity contribution is 0.0914. The summed E-state index contributed by atoms with van der Waals surface area (Å²) >= 11 is 0. The highest BCUT2D eigenvalue weighted by Gasteiger charge is 2.24. The third-order valence-electron chi connectivity index (χ3n) is 4.12. The molecular formula is C18H28FIN4O3. The molecule has 2 N–H and O–H groups in total. The first-order chi connectivity index (χ1) is 12.6. The van der Waals surface area contributed by atoms with Crippen LogP contribution in [0.1, 0.15) is 25.5 Å². The van der Waals surface area contributed by atoms with E-state index in [9.17, 15) is 14.3 Å². The molecule has 1 atom stereocenters. The highest BCUT2D eigenvalue weighted by atomic mass is 127. The highest BCUT2D eigenvalue weighted by molar-refractivity contribution is 14.0. The van der Waals surface area contributed by atoms with Crippen LogP contribution in [0.3, 0.4) is 0 Å². The number of ether oxygens (including phenoxy) is 1. The monoisotopic (exact) mass is 494 g/mol. The van der Waals surface area contributed by atoms with Crippen LogP contribution in [0, 0.1) is 5.82 Å². The highest BCUT2D eigenvalue weighted by Crippen LogP contribution is 2.17. The molecule has 1 fully saturated rings. The minimum Gasteiger partial charge on any atom is -0.450 e. The number of halogens is 2. The largest absolute Gasteiger partial charge is 0.450 e. The number of rotatable bonds is 5. The van der Waals surface area contributed by atoms with Crippen molar-refractivity contribution in [2.45, 2.75) is 20.0 Å². The Morgan fingerprint density at radius 3 is 2.48 bits per heavy atom. The van der Waals surface area contributed by atoms with E-state index in [4.69, 9.17) is 4.74 Å². The summed E-state index contributed by atoms with van der Waals surface area (Å²) in [4.78, 5) is 19.9. The number of amides is 1.